The Kier molecular flexibility index (Phi) is 4.05. The third-order valence-electron chi connectivity index (χ3n) is 4.91. The van der Waals surface area contributed by atoms with Crippen LogP contribution in [0.1, 0.15) is 12.6 Å². The average Bonchev–Trinajstić information content (AvgIpc) is 3.53. The van der Waals surface area contributed by atoms with Crippen LogP contribution in [-0.2, 0) is 6.42 Å². The molecular formula is C20H18N8O. The van der Waals surface area contributed by atoms with Gasteiger partial charge in [-0.25, -0.2) is 4.98 Å². The Morgan fingerprint density at radius 3 is 2.69 bits per heavy atom. The first kappa shape index (κ1) is 17.1. The second-order valence-corrected chi connectivity index (χ2v) is 6.60. The van der Waals surface area contributed by atoms with Crippen LogP contribution in [0.15, 0.2) is 59.5 Å². The van der Waals surface area contributed by atoms with Crippen molar-refractivity contribution in [3.05, 3.63) is 60.8 Å². The Morgan fingerprint density at radius 1 is 1.10 bits per heavy atom. The van der Waals surface area contributed by atoms with Gasteiger partial charge in [0.05, 0.1) is 18.0 Å². The number of H-pyrrole nitrogens is 1. The number of nitrogens with one attached hydrogen (secondary N) is 1. The molecule has 4 aromatic heterocycles. The topological polar surface area (TPSA) is 101 Å². The highest BCUT2D eigenvalue weighted by molar-refractivity contribution is 5.80. The van der Waals surface area contributed by atoms with Gasteiger partial charge in [0.1, 0.15) is 12.1 Å². The Labute approximate surface area is 166 Å². The van der Waals surface area contributed by atoms with E-state index >= 15 is 0 Å². The van der Waals surface area contributed by atoms with E-state index in [0.29, 0.717) is 5.82 Å². The fourth-order valence-corrected chi connectivity index (χ4v) is 3.33. The standard InChI is InChI=1S/C20H18N8O/c1-3-14-10-19(28-18(22-14)8-9-21-28)27(2)15-6-4-13(5-7-15)16-11-29-12-17(16)20-23-25-26-24-20/h4-12H,3H2,1-2H3,(H,23,24,25,26). The van der Waals surface area contributed by atoms with Gasteiger partial charge in [-0.1, -0.05) is 19.1 Å². The number of rotatable bonds is 5. The van der Waals surface area contributed by atoms with E-state index in [1.54, 1.807) is 18.7 Å². The number of furan rings is 1. The normalized spacial score (nSPS) is 11.2. The van der Waals surface area contributed by atoms with Gasteiger partial charge in [-0.3, -0.25) is 0 Å². The number of tetrazole rings is 1. The van der Waals surface area contributed by atoms with Crippen molar-refractivity contribution in [1.29, 1.82) is 0 Å². The van der Waals surface area contributed by atoms with Crippen molar-refractivity contribution >= 4 is 17.2 Å². The molecule has 0 spiro atoms. The molecule has 0 saturated carbocycles. The van der Waals surface area contributed by atoms with Crippen LogP contribution < -0.4 is 4.90 Å². The molecule has 4 heterocycles. The van der Waals surface area contributed by atoms with Crippen LogP contribution in [0.3, 0.4) is 0 Å². The smallest absolute Gasteiger partial charge is 0.208 e. The zero-order chi connectivity index (χ0) is 19.8. The van der Waals surface area contributed by atoms with Gasteiger partial charge in [-0.2, -0.15) is 14.8 Å². The van der Waals surface area contributed by atoms with Gasteiger partial charge in [0.2, 0.25) is 5.82 Å². The Morgan fingerprint density at radius 2 is 1.93 bits per heavy atom. The zero-order valence-corrected chi connectivity index (χ0v) is 15.9. The summed E-state index contributed by atoms with van der Waals surface area (Å²) in [5, 5.41) is 18.6. The van der Waals surface area contributed by atoms with E-state index in [9.17, 15) is 0 Å². The highest BCUT2D eigenvalue weighted by Crippen LogP contribution is 2.33. The van der Waals surface area contributed by atoms with Crippen molar-refractivity contribution in [1.82, 2.24) is 35.2 Å². The molecule has 0 aliphatic rings. The molecule has 9 nitrogen and oxygen atoms in total. The molecule has 0 aliphatic carbocycles. The molecule has 5 rings (SSSR count). The zero-order valence-electron chi connectivity index (χ0n) is 15.9. The van der Waals surface area contributed by atoms with E-state index in [-0.39, 0.29) is 0 Å². The molecule has 5 aromatic rings. The summed E-state index contributed by atoms with van der Waals surface area (Å²) in [6, 6.07) is 12.2. The molecule has 0 radical (unpaired) electrons. The lowest BCUT2D eigenvalue weighted by molar-refractivity contribution is 0.568. The van der Waals surface area contributed by atoms with Gasteiger partial charge in [0, 0.05) is 36.1 Å². The summed E-state index contributed by atoms with van der Waals surface area (Å²) in [7, 11) is 2.02. The van der Waals surface area contributed by atoms with E-state index in [1.165, 1.54) is 0 Å². The summed E-state index contributed by atoms with van der Waals surface area (Å²) in [5.74, 6) is 1.46. The Bertz CT molecular complexity index is 1250. The van der Waals surface area contributed by atoms with Crippen LogP contribution >= 0.6 is 0 Å². The van der Waals surface area contributed by atoms with Gasteiger partial charge in [0.25, 0.3) is 0 Å². The van der Waals surface area contributed by atoms with Crippen molar-refractivity contribution in [3.8, 4) is 22.5 Å². The third-order valence-corrected chi connectivity index (χ3v) is 4.91. The number of anilines is 2. The molecular weight excluding hydrogens is 368 g/mol. The summed E-state index contributed by atoms with van der Waals surface area (Å²) in [4.78, 5) is 6.71. The molecule has 0 bridgehead atoms. The number of aryl methyl sites for hydroxylation is 1. The van der Waals surface area contributed by atoms with E-state index in [2.05, 4.69) is 60.7 Å². The van der Waals surface area contributed by atoms with Crippen LogP contribution in [0.5, 0.6) is 0 Å². The maximum absolute atomic E-state index is 5.39. The van der Waals surface area contributed by atoms with Crippen molar-refractivity contribution in [2.45, 2.75) is 13.3 Å². The summed E-state index contributed by atoms with van der Waals surface area (Å²) < 4.78 is 7.23. The second-order valence-electron chi connectivity index (χ2n) is 6.60. The predicted octanol–water partition coefficient (Wildman–Crippen LogP) is 3.50. The van der Waals surface area contributed by atoms with Gasteiger partial charge in [-0.05, 0) is 29.3 Å². The molecule has 29 heavy (non-hydrogen) atoms. The Balaban J connectivity index is 1.50. The molecule has 0 atom stereocenters. The van der Waals surface area contributed by atoms with Crippen LogP contribution in [-0.4, -0.2) is 42.3 Å². The second kappa shape index (κ2) is 6.86. The van der Waals surface area contributed by atoms with E-state index < -0.39 is 0 Å². The van der Waals surface area contributed by atoms with E-state index in [1.807, 2.05) is 29.8 Å². The molecule has 0 amide bonds. The first-order valence-electron chi connectivity index (χ1n) is 9.22. The lowest BCUT2D eigenvalue weighted by atomic mass is 10.0. The average molecular weight is 386 g/mol. The minimum atomic E-state index is 0.500. The molecule has 0 fully saturated rings. The van der Waals surface area contributed by atoms with Crippen molar-refractivity contribution in [2.75, 3.05) is 11.9 Å². The fourth-order valence-electron chi connectivity index (χ4n) is 3.33. The molecule has 9 heteroatoms. The maximum atomic E-state index is 5.39. The molecule has 1 aromatic carbocycles. The summed E-state index contributed by atoms with van der Waals surface area (Å²) in [5.41, 5.74) is 5.60. The molecule has 0 saturated heterocycles. The number of nitrogens with zero attached hydrogens (tertiary/aromatic N) is 7. The first-order chi connectivity index (χ1) is 14.2. The number of aromatic nitrogens is 7. The molecule has 0 unspecified atom stereocenters. The molecule has 1 N–H and O–H groups in total. The van der Waals surface area contributed by atoms with Gasteiger partial charge < -0.3 is 9.32 Å². The third kappa shape index (κ3) is 2.92. The van der Waals surface area contributed by atoms with Crippen molar-refractivity contribution in [3.63, 3.8) is 0 Å². The van der Waals surface area contributed by atoms with Crippen LogP contribution in [0.25, 0.3) is 28.2 Å². The summed E-state index contributed by atoms with van der Waals surface area (Å²) in [6.45, 7) is 2.10. The lowest BCUT2D eigenvalue weighted by Crippen LogP contribution is -2.15. The van der Waals surface area contributed by atoms with Crippen LogP contribution in [0, 0.1) is 0 Å². The van der Waals surface area contributed by atoms with Gasteiger partial charge in [-0.15, -0.1) is 10.2 Å². The van der Waals surface area contributed by atoms with E-state index in [0.717, 1.165) is 46.0 Å². The van der Waals surface area contributed by atoms with Gasteiger partial charge >= 0.3 is 0 Å². The van der Waals surface area contributed by atoms with E-state index in [4.69, 9.17) is 4.42 Å². The Hall–Kier alpha value is -4.01. The van der Waals surface area contributed by atoms with Gasteiger partial charge in [0.15, 0.2) is 5.65 Å². The highest BCUT2D eigenvalue weighted by Gasteiger charge is 2.15. The van der Waals surface area contributed by atoms with Crippen LogP contribution in [0.4, 0.5) is 11.5 Å². The summed E-state index contributed by atoms with van der Waals surface area (Å²) >= 11 is 0. The first-order valence-corrected chi connectivity index (χ1v) is 9.22. The summed E-state index contributed by atoms with van der Waals surface area (Å²) in [6.07, 6.45) is 5.94. The SMILES string of the molecule is CCc1cc(N(C)c2ccc(-c3cocc3-c3nn[nH]n3)cc2)n2nccc2n1. The molecule has 0 aliphatic heterocycles. The lowest BCUT2D eigenvalue weighted by Gasteiger charge is -2.21. The quantitative estimate of drug-likeness (QED) is 0.493. The fraction of sp³-hybridized carbons (Fsp3) is 0.150. The monoisotopic (exact) mass is 386 g/mol. The van der Waals surface area contributed by atoms with Crippen molar-refractivity contribution in [2.24, 2.45) is 0 Å². The number of hydrogen-bond donors (Lipinski definition) is 1. The predicted molar refractivity (Wildman–Crippen MR) is 108 cm³/mol. The molecule has 144 valence electrons. The van der Waals surface area contributed by atoms with Crippen molar-refractivity contribution < 1.29 is 4.42 Å². The highest BCUT2D eigenvalue weighted by atomic mass is 16.3. The number of benzene rings is 1. The minimum absolute atomic E-state index is 0.500. The van der Waals surface area contributed by atoms with Crippen LogP contribution in [0.2, 0.25) is 0 Å². The number of aromatic amines is 1. The number of hydrogen-bond acceptors (Lipinski definition) is 7. The number of fused-ring (bicyclic) bond motifs is 1. The maximum Gasteiger partial charge on any atom is 0.208 e. The largest absolute Gasteiger partial charge is 0.471 e. The minimum Gasteiger partial charge on any atom is -0.471 e.